The van der Waals surface area contributed by atoms with Crippen LogP contribution in [0.1, 0.15) is 98.8 Å². The van der Waals surface area contributed by atoms with E-state index < -0.39 is 0 Å². The van der Waals surface area contributed by atoms with Crippen molar-refractivity contribution < 1.29 is 14.7 Å². The summed E-state index contributed by atoms with van der Waals surface area (Å²) in [5.41, 5.74) is -0.738. The minimum atomic E-state index is -0.369. The molecular formula is C19H37NO3. The topological polar surface area (TPSA) is 49.8 Å². The van der Waals surface area contributed by atoms with Crippen molar-refractivity contribution in [3.8, 4) is 0 Å². The van der Waals surface area contributed by atoms with Gasteiger partial charge in [-0.15, -0.1) is 0 Å². The molecule has 0 aliphatic carbocycles. The summed E-state index contributed by atoms with van der Waals surface area (Å²) in [4.78, 5) is 12.1. The van der Waals surface area contributed by atoms with Gasteiger partial charge in [-0.05, 0) is 34.1 Å². The van der Waals surface area contributed by atoms with Crippen LogP contribution in [0.15, 0.2) is 0 Å². The van der Waals surface area contributed by atoms with Crippen LogP contribution >= 0.6 is 0 Å². The molecule has 0 aromatic rings. The highest BCUT2D eigenvalue weighted by Gasteiger charge is 2.46. The van der Waals surface area contributed by atoms with Gasteiger partial charge in [-0.25, -0.2) is 0 Å². The zero-order valence-corrected chi connectivity index (χ0v) is 15.9. The minimum Gasteiger partial charge on any atom is -0.462 e. The van der Waals surface area contributed by atoms with Crippen molar-refractivity contribution in [3.63, 3.8) is 0 Å². The Morgan fingerprint density at radius 2 is 1.48 bits per heavy atom. The molecule has 1 aliphatic rings. The van der Waals surface area contributed by atoms with Crippen molar-refractivity contribution in [1.82, 2.24) is 5.06 Å². The molecule has 0 spiro atoms. The molecule has 4 nitrogen and oxygen atoms in total. The Morgan fingerprint density at radius 3 is 2.00 bits per heavy atom. The zero-order valence-electron chi connectivity index (χ0n) is 15.9. The smallest absolute Gasteiger partial charge is 0.306 e. The molecule has 1 saturated heterocycles. The Bertz CT molecular complexity index is 348. The summed E-state index contributed by atoms with van der Waals surface area (Å²) < 4.78 is 5.68. The third-order valence-electron chi connectivity index (χ3n) is 4.88. The van der Waals surface area contributed by atoms with E-state index in [1.807, 2.05) is 27.7 Å². The van der Waals surface area contributed by atoms with Crippen molar-refractivity contribution in [2.24, 2.45) is 0 Å². The molecule has 136 valence electrons. The number of hydroxylamine groups is 2. The molecule has 4 heteroatoms. The molecule has 0 saturated carbocycles. The first-order chi connectivity index (χ1) is 10.7. The van der Waals surface area contributed by atoms with Gasteiger partial charge in [0.2, 0.25) is 0 Å². The molecule has 0 unspecified atom stereocenters. The van der Waals surface area contributed by atoms with E-state index in [9.17, 15) is 10.0 Å². The lowest BCUT2D eigenvalue weighted by Gasteiger charge is -2.50. The Morgan fingerprint density at radius 1 is 1.00 bits per heavy atom. The average molecular weight is 328 g/mol. The number of carbonyl (C=O) groups excluding carboxylic acids is 1. The fourth-order valence-electron chi connectivity index (χ4n) is 3.73. The van der Waals surface area contributed by atoms with Crippen molar-refractivity contribution in [2.45, 2.75) is 116 Å². The number of esters is 1. The molecule has 0 bridgehead atoms. The molecular weight excluding hydrogens is 290 g/mol. The first kappa shape index (κ1) is 20.4. The highest BCUT2D eigenvalue weighted by molar-refractivity contribution is 5.69. The fraction of sp³-hybridized carbons (Fsp3) is 0.947. The SMILES string of the molecule is CCCCCCCCCC(=O)OC1CC(C)(C)N(O)C(C)(C)C1. The van der Waals surface area contributed by atoms with Gasteiger partial charge in [-0.3, -0.25) is 4.79 Å². The predicted molar refractivity (Wildman–Crippen MR) is 93.5 cm³/mol. The number of rotatable bonds is 9. The van der Waals surface area contributed by atoms with Gasteiger partial charge in [0.15, 0.2) is 0 Å². The number of hydrogen-bond donors (Lipinski definition) is 1. The van der Waals surface area contributed by atoms with Gasteiger partial charge in [-0.2, -0.15) is 5.06 Å². The molecule has 1 rings (SSSR count). The first-order valence-corrected chi connectivity index (χ1v) is 9.38. The Kier molecular flexibility index (Phi) is 8.02. The van der Waals surface area contributed by atoms with E-state index in [1.165, 1.54) is 37.2 Å². The fourth-order valence-corrected chi connectivity index (χ4v) is 3.73. The summed E-state index contributed by atoms with van der Waals surface area (Å²) in [7, 11) is 0. The molecule has 23 heavy (non-hydrogen) atoms. The maximum atomic E-state index is 12.1. The van der Waals surface area contributed by atoms with Crippen LogP contribution in [-0.2, 0) is 9.53 Å². The average Bonchev–Trinajstić information content (AvgIpc) is 2.43. The Hall–Kier alpha value is -0.610. The van der Waals surface area contributed by atoms with Gasteiger partial charge in [0.05, 0.1) is 0 Å². The lowest BCUT2D eigenvalue weighted by molar-refractivity contribution is -0.259. The Balaban J connectivity index is 2.26. The second kappa shape index (κ2) is 9.03. The highest BCUT2D eigenvalue weighted by Crippen LogP contribution is 2.38. The van der Waals surface area contributed by atoms with Crippen LogP contribution in [0.5, 0.6) is 0 Å². The van der Waals surface area contributed by atoms with E-state index >= 15 is 0 Å². The van der Waals surface area contributed by atoms with Crippen LogP contribution < -0.4 is 0 Å². The van der Waals surface area contributed by atoms with Crippen molar-refractivity contribution >= 4 is 5.97 Å². The van der Waals surface area contributed by atoms with Crippen LogP contribution in [0.2, 0.25) is 0 Å². The highest BCUT2D eigenvalue weighted by atomic mass is 16.5. The first-order valence-electron chi connectivity index (χ1n) is 9.38. The number of piperidine rings is 1. The summed E-state index contributed by atoms with van der Waals surface area (Å²) in [6.07, 6.45) is 10.2. The third-order valence-corrected chi connectivity index (χ3v) is 4.88. The van der Waals surface area contributed by atoms with Crippen LogP contribution in [0, 0.1) is 0 Å². The molecule has 1 aliphatic heterocycles. The van der Waals surface area contributed by atoms with Gasteiger partial charge in [-0.1, -0.05) is 45.4 Å². The lowest BCUT2D eigenvalue weighted by atomic mass is 9.80. The Labute approximate surface area is 142 Å². The summed E-state index contributed by atoms with van der Waals surface area (Å²) in [6, 6.07) is 0. The standard InChI is InChI=1S/C19H37NO3/c1-6-7-8-9-10-11-12-13-17(21)23-16-14-18(2,3)20(22)19(4,5)15-16/h16,22H,6-15H2,1-5H3. The van der Waals surface area contributed by atoms with Gasteiger partial charge < -0.3 is 9.94 Å². The number of hydrogen-bond acceptors (Lipinski definition) is 4. The molecule has 0 atom stereocenters. The van der Waals surface area contributed by atoms with E-state index in [2.05, 4.69) is 6.92 Å². The summed E-state index contributed by atoms with van der Waals surface area (Å²) >= 11 is 0. The van der Waals surface area contributed by atoms with Gasteiger partial charge in [0.1, 0.15) is 6.10 Å². The minimum absolute atomic E-state index is 0.0819. The molecule has 0 aromatic heterocycles. The van der Waals surface area contributed by atoms with E-state index in [4.69, 9.17) is 4.74 Å². The van der Waals surface area contributed by atoms with Gasteiger partial charge in [0, 0.05) is 30.3 Å². The molecule has 1 fully saturated rings. The quantitative estimate of drug-likeness (QED) is 0.474. The normalized spacial score (nSPS) is 21.3. The lowest BCUT2D eigenvalue weighted by Crippen LogP contribution is -2.60. The second-order valence-electron chi connectivity index (χ2n) is 8.33. The molecule has 0 radical (unpaired) electrons. The maximum absolute atomic E-state index is 12.1. The van der Waals surface area contributed by atoms with Crippen molar-refractivity contribution in [3.05, 3.63) is 0 Å². The maximum Gasteiger partial charge on any atom is 0.306 e. The van der Waals surface area contributed by atoms with Gasteiger partial charge in [0.25, 0.3) is 0 Å². The van der Waals surface area contributed by atoms with E-state index in [0.29, 0.717) is 19.3 Å². The number of ether oxygens (including phenoxy) is 1. The molecule has 0 amide bonds. The number of carbonyl (C=O) groups is 1. The summed E-state index contributed by atoms with van der Waals surface area (Å²) in [6.45, 7) is 10.2. The van der Waals surface area contributed by atoms with E-state index in [-0.39, 0.29) is 23.2 Å². The van der Waals surface area contributed by atoms with Crippen molar-refractivity contribution in [1.29, 1.82) is 0 Å². The third kappa shape index (κ3) is 6.80. The van der Waals surface area contributed by atoms with Gasteiger partial charge >= 0.3 is 5.97 Å². The molecule has 0 aromatic carbocycles. The van der Waals surface area contributed by atoms with Crippen LogP contribution in [0.4, 0.5) is 0 Å². The second-order valence-corrected chi connectivity index (χ2v) is 8.33. The van der Waals surface area contributed by atoms with E-state index in [0.717, 1.165) is 12.8 Å². The summed E-state index contributed by atoms with van der Waals surface area (Å²) in [5.74, 6) is -0.0819. The van der Waals surface area contributed by atoms with Crippen LogP contribution in [0.25, 0.3) is 0 Å². The number of unbranched alkanes of at least 4 members (excludes halogenated alkanes) is 6. The molecule has 1 heterocycles. The number of nitrogens with zero attached hydrogens (tertiary/aromatic N) is 1. The van der Waals surface area contributed by atoms with Crippen LogP contribution in [0.3, 0.4) is 0 Å². The van der Waals surface area contributed by atoms with Crippen molar-refractivity contribution in [2.75, 3.05) is 0 Å². The monoisotopic (exact) mass is 327 g/mol. The largest absolute Gasteiger partial charge is 0.462 e. The van der Waals surface area contributed by atoms with E-state index in [1.54, 1.807) is 0 Å². The summed E-state index contributed by atoms with van der Waals surface area (Å²) in [5, 5.41) is 11.7. The molecule has 1 N–H and O–H groups in total. The predicted octanol–water partition coefficient (Wildman–Crippen LogP) is 5.08. The van der Waals surface area contributed by atoms with Crippen LogP contribution in [-0.4, -0.2) is 33.4 Å². The zero-order chi connectivity index (χ0) is 17.5.